The molecule has 18 nitrogen and oxygen atoms in total. The third kappa shape index (κ3) is 7.68. The van der Waals surface area contributed by atoms with Crippen molar-refractivity contribution in [3.8, 4) is 0 Å². The molecule has 16 N–H and O–H groups in total. The summed E-state index contributed by atoms with van der Waals surface area (Å²) in [6.45, 7) is -0.673. The molecule has 19 heteroatoms. The molecular formula is C17H36N4O14S. The van der Waals surface area contributed by atoms with Crippen LogP contribution in [0.4, 0.5) is 0 Å². The van der Waals surface area contributed by atoms with Crippen LogP contribution in [-0.4, -0.2) is 147 Å². The zero-order valence-corrected chi connectivity index (χ0v) is 19.8. The first-order valence-electron chi connectivity index (χ1n) is 10.9. The lowest BCUT2D eigenvalue weighted by Gasteiger charge is -2.47. The molecule has 0 bridgehead atoms. The van der Waals surface area contributed by atoms with Crippen molar-refractivity contribution in [1.29, 1.82) is 0 Å². The van der Waals surface area contributed by atoms with E-state index in [-0.39, 0.29) is 13.0 Å². The molecule has 2 heterocycles. The molecule has 0 aromatic rings. The maximum absolute atomic E-state index is 10.6. The number of nitrogens with two attached hydrogens (primary N) is 4. The van der Waals surface area contributed by atoms with E-state index in [1.807, 2.05) is 0 Å². The van der Waals surface area contributed by atoms with Crippen molar-refractivity contribution in [2.45, 2.75) is 92.1 Å². The van der Waals surface area contributed by atoms with Gasteiger partial charge in [-0.2, -0.15) is 8.42 Å². The lowest BCUT2D eigenvalue weighted by Crippen LogP contribution is -2.68. The van der Waals surface area contributed by atoms with Gasteiger partial charge in [-0.3, -0.25) is 9.11 Å². The smallest absolute Gasteiger partial charge is 0.394 e. The highest BCUT2D eigenvalue weighted by Crippen LogP contribution is 2.31. The van der Waals surface area contributed by atoms with Gasteiger partial charge in [0.25, 0.3) is 0 Å². The molecule has 3 rings (SSSR count). The predicted molar refractivity (Wildman–Crippen MR) is 116 cm³/mol. The van der Waals surface area contributed by atoms with E-state index < -0.39 is 103 Å². The van der Waals surface area contributed by atoms with Crippen LogP contribution in [0.25, 0.3) is 0 Å². The van der Waals surface area contributed by atoms with Gasteiger partial charge < -0.3 is 72.5 Å². The van der Waals surface area contributed by atoms with E-state index in [2.05, 4.69) is 0 Å². The standard InChI is InChI=1S/C17H34N4O10.H2O4S/c18-2-6-10(24)13(27)17(28-6)31-15-9(23)4(19)1-5(20)14(15)30-16-8(21)12(26)11(25)7(3-22)29-16;1-5(2,3)4/h4-17,22-27H,1-3,18-21H2;(H2,1,2,3,4)/t4-,5+,6-,7-,8-,9+,10-,11-,12-,13-,14-,15-,16-,17-;/m1./s1. The average Bonchev–Trinajstić information content (AvgIpc) is 3.06. The summed E-state index contributed by atoms with van der Waals surface area (Å²) in [5.74, 6) is 0. The first-order chi connectivity index (χ1) is 16.6. The minimum atomic E-state index is -4.67. The molecule has 0 spiro atoms. The molecule has 0 aromatic carbocycles. The van der Waals surface area contributed by atoms with Gasteiger partial charge in [-0.15, -0.1) is 0 Å². The monoisotopic (exact) mass is 552 g/mol. The molecule has 0 radical (unpaired) electrons. The molecule has 0 amide bonds. The van der Waals surface area contributed by atoms with Crippen LogP contribution in [0.2, 0.25) is 0 Å². The number of rotatable bonds is 6. The first-order valence-corrected chi connectivity index (χ1v) is 12.3. The third-order valence-corrected chi connectivity index (χ3v) is 6.13. The van der Waals surface area contributed by atoms with Crippen molar-refractivity contribution >= 4 is 10.4 Å². The highest BCUT2D eigenvalue weighted by molar-refractivity contribution is 7.79. The first kappa shape index (κ1) is 31.5. The molecule has 2 aliphatic heterocycles. The summed E-state index contributed by atoms with van der Waals surface area (Å²) in [6, 6.07) is -2.76. The van der Waals surface area contributed by atoms with Gasteiger partial charge in [0.05, 0.1) is 18.8 Å². The maximum Gasteiger partial charge on any atom is 0.394 e. The fourth-order valence-corrected chi connectivity index (χ4v) is 4.16. The Morgan fingerprint density at radius 3 is 1.75 bits per heavy atom. The van der Waals surface area contributed by atoms with Crippen LogP contribution in [-0.2, 0) is 29.3 Å². The normalized spacial score (nSPS) is 47.8. The number of aliphatic hydroxyl groups is 6. The zero-order valence-electron chi connectivity index (χ0n) is 18.9. The lowest BCUT2D eigenvalue weighted by molar-refractivity contribution is -0.310. The van der Waals surface area contributed by atoms with Crippen molar-refractivity contribution in [2.75, 3.05) is 13.2 Å². The van der Waals surface area contributed by atoms with Crippen molar-refractivity contribution in [3.63, 3.8) is 0 Å². The Labute approximate surface area is 206 Å². The summed E-state index contributed by atoms with van der Waals surface area (Å²) >= 11 is 0. The highest BCUT2D eigenvalue weighted by Gasteiger charge is 2.52. The summed E-state index contributed by atoms with van der Waals surface area (Å²) in [5, 5.41) is 60.3. The Bertz CT molecular complexity index is 787. The van der Waals surface area contributed by atoms with E-state index >= 15 is 0 Å². The van der Waals surface area contributed by atoms with Crippen molar-refractivity contribution in [2.24, 2.45) is 22.9 Å². The number of hydrogen-bond donors (Lipinski definition) is 12. The molecular weight excluding hydrogens is 516 g/mol. The largest absolute Gasteiger partial charge is 0.394 e. The summed E-state index contributed by atoms with van der Waals surface area (Å²) in [5.41, 5.74) is 23.6. The minimum absolute atomic E-state index is 0.0716. The van der Waals surface area contributed by atoms with E-state index in [4.69, 9.17) is 59.4 Å². The Hall–Kier alpha value is -0.690. The summed E-state index contributed by atoms with van der Waals surface area (Å²) in [6.07, 6.45) is -13.8. The van der Waals surface area contributed by atoms with Crippen LogP contribution in [0.15, 0.2) is 0 Å². The predicted octanol–water partition coefficient (Wildman–Crippen LogP) is -7.31. The fourth-order valence-electron chi connectivity index (χ4n) is 4.16. The molecule has 14 atom stereocenters. The van der Waals surface area contributed by atoms with Crippen molar-refractivity contribution in [3.05, 3.63) is 0 Å². The second-order valence-electron chi connectivity index (χ2n) is 8.75. The van der Waals surface area contributed by atoms with E-state index in [1.165, 1.54) is 0 Å². The quantitative estimate of drug-likeness (QED) is 0.136. The maximum atomic E-state index is 10.6. The third-order valence-electron chi connectivity index (χ3n) is 6.13. The van der Waals surface area contributed by atoms with Crippen LogP contribution >= 0.6 is 0 Å². The van der Waals surface area contributed by atoms with Gasteiger partial charge >= 0.3 is 10.4 Å². The Kier molecular flexibility index (Phi) is 11.3. The van der Waals surface area contributed by atoms with Crippen LogP contribution in [0.3, 0.4) is 0 Å². The van der Waals surface area contributed by atoms with E-state index in [1.54, 1.807) is 0 Å². The summed E-state index contributed by atoms with van der Waals surface area (Å²) in [7, 11) is -4.67. The van der Waals surface area contributed by atoms with Crippen molar-refractivity contribution in [1.82, 2.24) is 0 Å². The van der Waals surface area contributed by atoms with Gasteiger partial charge in [0.2, 0.25) is 0 Å². The molecule has 3 fully saturated rings. The van der Waals surface area contributed by atoms with Gasteiger partial charge in [-0.25, -0.2) is 0 Å². The Morgan fingerprint density at radius 1 is 0.750 bits per heavy atom. The Morgan fingerprint density at radius 2 is 1.25 bits per heavy atom. The number of ether oxygens (including phenoxy) is 4. The average molecular weight is 553 g/mol. The molecule has 0 unspecified atom stereocenters. The van der Waals surface area contributed by atoms with Crippen LogP contribution in [0.5, 0.6) is 0 Å². The zero-order chi connectivity index (χ0) is 27.5. The molecule has 3 aliphatic rings. The SMILES string of the molecule is NC[C@H]1O[C@H](O[C@@H]2[C@@H](O)[C@H](N)C[C@H](N)[C@H]2O[C@H]2O[C@H](CO)[C@@H](O)[C@H](O)[C@H]2N)[C@H](O)[C@@H]1O.O=S(=O)(O)O. The van der Waals surface area contributed by atoms with Crippen LogP contribution in [0, 0.1) is 0 Å². The van der Waals surface area contributed by atoms with Gasteiger partial charge in [0.1, 0.15) is 48.8 Å². The second kappa shape index (κ2) is 12.9. The lowest BCUT2D eigenvalue weighted by atomic mass is 9.84. The fraction of sp³-hybridized carbons (Fsp3) is 1.00. The van der Waals surface area contributed by atoms with Gasteiger partial charge in [-0.1, -0.05) is 0 Å². The molecule has 0 aromatic heterocycles. The second-order valence-corrected chi connectivity index (χ2v) is 9.64. The van der Waals surface area contributed by atoms with Crippen molar-refractivity contribution < 1.29 is 67.1 Å². The van der Waals surface area contributed by atoms with Crippen LogP contribution in [0.1, 0.15) is 6.42 Å². The van der Waals surface area contributed by atoms with Crippen LogP contribution < -0.4 is 22.9 Å². The number of hydrogen-bond acceptors (Lipinski definition) is 16. The molecule has 2 saturated heterocycles. The highest BCUT2D eigenvalue weighted by atomic mass is 32.3. The van der Waals surface area contributed by atoms with Gasteiger partial charge in [0.15, 0.2) is 12.6 Å². The van der Waals surface area contributed by atoms with E-state index in [9.17, 15) is 30.6 Å². The molecule has 1 saturated carbocycles. The molecule has 214 valence electrons. The summed E-state index contributed by atoms with van der Waals surface area (Å²) in [4.78, 5) is 0. The Balaban J connectivity index is 0.000000830. The minimum Gasteiger partial charge on any atom is -0.394 e. The molecule has 36 heavy (non-hydrogen) atoms. The molecule has 1 aliphatic carbocycles. The van der Waals surface area contributed by atoms with Gasteiger partial charge in [-0.05, 0) is 6.42 Å². The summed E-state index contributed by atoms with van der Waals surface area (Å²) < 4.78 is 54.0. The van der Waals surface area contributed by atoms with Gasteiger partial charge in [0, 0.05) is 18.6 Å². The van der Waals surface area contributed by atoms with E-state index in [0.29, 0.717) is 0 Å². The number of aliphatic hydroxyl groups excluding tert-OH is 6. The van der Waals surface area contributed by atoms with E-state index in [0.717, 1.165) is 0 Å². The topological polar surface area (TPSA) is 337 Å².